The van der Waals surface area contributed by atoms with E-state index in [-0.39, 0.29) is 5.92 Å². The van der Waals surface area contributed by atoms with Crippen molar-refractivity contribution in [2.75, 3.05) is 0 Å². The molecular formula is C10H16O2. The van der Waals surface area contributed by atoms with Crippen LogP contribution in [0.2, 0.25) is 0 Å². The van der Waals surface area contributed by atoms with Gasteiger partial charge < -0.3 is 5.11 Å². The third-order valence-corrected chi connectivity index (χ3v) is 2.72. The average molecular weight is 168 g/mol. The van der Waals surface area contributed by atoms with Gasteiger partial charge in [0, 0.05) is 0 Å². The number of hydrogen-bond acceptors (Lipinski definition) is 1. The summed E-state index contributed by atoms with van der Waals surface area (Å²) in [7, 11) is 0. The van der Waals surface area contributed by atoms with Crippen LogP contribution in [0.25, 0.3) is 0 Å². The van der Waals surface area contributed by atoms with Crippen LogP contribution in [0.3, 0.4) is 0 Å². The third kappa shape index (κ3) is 2.10. The van der Waals surface area contributed by atoms with Gasteiger partial charge in [-0.05, 0) is 31.6 Å². The van der Waals surface area contributed by atoms with Crippen molar-refractivity contribution in [2.24, 2.45) is 11.8 Å². The van der Waals surface area contributed by atoms with Gasteiger partial charge in [-0.3, -0.25) is 4.79 Å². The minimum atomic E-state index is -0.610. The molecule has 68 valence electrons. The molecule has 2 heteroatoms. The standard InChI is InChI=1S/C10H16O2/c1-2-3-5-8-6-4-7-9(8)10(11)12/h2,8-9H,1,3-7H2,(H,11,12). The van der Waals surface area contributed by atoms with Crippen LogP contribution in [0.1, 0.15) is 32.1 Å². The number of rotatable bonds is 4. The van der Waals surface area contributed by atoms with Gasteiger partial charge in [0.2, 0.25) is 0 Å². The highest BCUT2D eigenvalue weighted by Gasteiger charge is 2.31. The molecule has 12 heavy (non-hydrogen) atoms. The summed E-state index contributed by atoms with van der Waals surface area (Å²) < 4.78 is 0. The fourth-order valence-corrected chi connectivity index (χ4v) is 2.04. The highest BCUT2D eigenvalue weighted by atomic mass is 16.4. The molecule has 2 unspecified atom stereocenters. The summed E-state index contributed by atoms with van der Waals surface area (Å²) in [5.41, 5.74) is 0. The molecule has 0 saturated heterocycles. The molecule has 0 amide bonds. The van der Waals surface area contributed by atoms with E-state index >= 15 is 0 Å². The monoisotopic (exact) mass is 168 g/mol. The Balaban J connectivity index is 2.40. The first-order chi connectivity index (χ1) is 5.75. The van der Waals surface area contributed by atoms with Gasteiger partial charge in [-0.25, -0.2) is 0 Å². The van der Waals surface area contributed by atoms with Crippen LogP contribution in [0.4, 0.5) is 0 Å². The number of allylic oxidation sites excluding steroid dienone is 1. The first-order valence-corrected chi connectivity index (χ1v) is 4.59. The predicted molar refractivity (Wildman–Crippen MR) is 47.9 cm³/mol. The second-order valence-electron chi connectivity index (χ2n) is 3.50. The van der Waals surface area contributed by atoms with E-state index in [4.69, 9.17) is 5.11 Å². The largest absolute Gasteiger partial charge is 0.481 e. The fraction of sp³-hybridized carbons (Fsp3) is 0.700. The summed E-state index contributed by atoms with van der Waals surface area (Å²) in [5.74, 6) is -0.285. The van der Waals surface area contributed by atoms with Crippen LogP contribution >= 0.6 is 0 Å². The number of carboxylic acid groups (broad SMARTS) is 1. The lowest BCUT2D eigenvalue weighted by atomic mass is 9.92. The highest BCUT2D eigenvalue weighted by molar-refractivity contribution is 5.70. The van der Waals surface area contributed by atoms with Gasteiger partial charge >= 0.3 is 5.97 Å². The first-order valence-electron chi connectivity index (χ1n) is 4.59. The summed E-state index contributed by atoms with van der Waals surface area (Å²) in [6.07, 6.45) is 6.87. The lowest BCUT2D eigenvalue weighted by Gasteiger charge is -2.13. The van der Waals surface area contributed by atoms with Crippen molar-refractivity contribution >= 4 is 5.97 Å². The summed E-state index contributed by atoms with van der Waals surface area (Å²) in [6.45, 7) is 3.64. The van der Waals surface area contributed by atoms with Crippen LogP contribution < -0.4 is 0 Å². The SMILES string of the molecule is C=CCCC1CCCC1C(=O)O. The van der Waals surface area contributed by atoms with Crippen molar-refractivity contribution in [3.05, 3.63) is 12.7 Å². The van der Waals surface area contributed by atoms with E-state index in [1.54, 1.807) is 0 Å². The molecule has 2 atom stereocenters. The Kier molecular flexibility index (Phi) is 3.32. The summed E-state index contributed by atoms with van der Waals surface area (Å²) in [6, 6.07) is 0. The summed E-state index contributed by atoms with van der Waals surface area (Å²) in [5, 5.41) is 8.86. The van der Waals surface area contributed by atoms with Crippen LogP contribution in [0.15, 0.2) is 12.7 Å². The Bertz CT molecular complexity index is 175. The van der Waals surface area contributed by atoms with Gasteiger partial charge in [0.15, 0.2) is 0 Å². The topological polar surface area (TPSA) is 37.3 Å². The Morgan fingerprint density at radius 2 is 2.33 bits per heavy atom. The van der Waals surface area contributed by atoms with E-state index < -0.39 is 5.97 Å². The average Bonchev–Trinajstić information content (AvgIpc) is 2.48. The van der Waals surface area contributed by atoms with Crippen molar-refractivity contribution in [3.63, 3.8) is 0 Å². The fourth-order valence-electron chi connectivity index (χ4n) is 2.04. The number of hydrogen-bond donors (Lipinski definition) is 1. The molecule has 1 N–H and O–H groups in total. The minimum absolute atomic E-state index is 0.0788. The van der Waals surface area contributed by atoms with Gasteiger partial charge in [-0.2, -0.15) is 0 Å². The Hall–Kier alpha value is -0.790. The lowest BCUT2D eigenvalue weighted by molar-refractivity contribution is -0.143. The van der Waals surface area contributed by atoms with Gasteiger partial charge in [0.05, 0.1) is 5.92 Å². The second-order valence-corrected chi connectivity index (χ2v) is 3.50. The predicted octanol–water partition coefficient (Wildman–Crippen LogP) is 2.45. The Morgan fingerprint density at radius 3 is 2.92 bits per heavy atom. The molecule has 0 aromatic carbocycles. The van der Waals surface area contributed by atoms with Gasteiger partial charge in [-0.1, -0.05) is 12.5 Å². The molecule has 0 aliphatic heterocycles. The molecule has 1 saturated carbocycles. The van der Waals surface area contributed by atoms with Gasteiger partial charge in [0.1, 0.15) is 0 Å². The molecule has 1 fully saturated rings. The molecule has 1 rings (SSSR count). The highest BCUT2D eigenvalue weighted by Crippen LogP contribution is 2.34. The van der Waals surface area contributed by atoms with Crippen LogP contribution in [-0.2, 0) is 4.79 Å². The van der Waals surface area contributed by atoms with E-state index in [2.05, 4.69) is 6.58 Å². The molecule has 0 aromatic heterocycles. The van der Waals surface area contributed by atoms with E-state index in [1.165, 1.54) is 0 Å². The Labute approximate surface area is 73.3 Å². The molecule has 1 aliphatic carbocycles. The van der Waals surface area contributed by atoms with E-state index in [1.807, 2.05) is 6.08 Å². The zero-order valence-electron chi connectivity index (χ0n) is 7.33. The molecule has 2 nitrogen and oxygen atoms in total. The van der Waals surface area contributed by atoms with E-state index in [0.717, 1.165) is 32.1 Å². The number of carbonyl (C=O) groups is 1. The van der Waals surface area contributed by atoms with E-state index in [9.17, 15) is 4.79 Å². The summed E-state index contributed by atoms with van der Waals surface area (Å²) in [4.78, 5) is 10.7. The smallest absolute Gasteiger partial charge is 0.306 e. The number of carboxylic acids is 1. The molecule has 0 bridgehead atoms. The normalized spacial score (nSPS) is 28.7. The van der Waals surface area contributed by atoms with Crippen LogP contribution in [0, 0.1) is 11.8 Å². The van der Waals surface area contributed by atoms with Gasteiger partial charge in [0.25, 0.3) is 0 Å². The van der Waals surface area contributed by atoms with Crippen LogP contribution in [-0.4, -0.2) is 11.1 Å². The maximum atomic E-state index is 10.7. The van der Waals surface area contributed by atoms with Crippen molar-refractivity contribution in [3.8, 4) is 0 Å². The number of aliphatic carboxylic acids is 1. The zero-order chi connectivity index (χ0) is 8.97. The zero-order valence-corrected chi connectivity index (χ0v) is 7.33. The second kappa shape index (κ2) is 4.29. The van der Waals surface area contributed by atoms with E-state index in [0.29, 0.717) is 5.92 Å². The molecule has 0 aromatic rings. The maximum Gasteiger partial charge on any atom is 0.306 e. The van der Waals surface area contributed by atoms with Crippen molar-refractivity contribution in [1.82, 2.24) is 0 Å². The molecule has 0 radical (unpaired) electrons. The van der Waals surface area contributed by atoms with Gasteiger partial charge in [-0.15, -0.1) is 6.58 Å². The third-order valence-electron chi connectivity index (χ3n) is 2.72. The molecule has 0 spiro atoms. The molecule has 0 heterocycles. The van der Waals surface area contributed by atoms with Crippen molar-refractivity contribution in [2.45, 2.75) is 32.1 Å². The Morgan fingerprint density at radius 1 is 1.58 bits per heavy atom. The van der Waals surface area contributed by atoms with Crippen molar-refractivity contribution < 1.29 is 9.90 Å². The van der Waals surface area contributed by atoms with Crippen molar-refractivity contribution in [1.29, 1.82) is 0 Å². The first kappa shape index (κ1) is 9.30. The molecule has 1 aliphatic rings. The maximum absolute atomic E-state index is 10.7. The minimum Gasteiger partial charge on any atom is -0.481 e. The quantitative estimate of drug-likeness (QED) is 0.655. The van der Waals surface area contributed by atoms with Crippen LogP contribution in [0.5, 0.6) is 0 Å². The molecular weight excluding hydrogens is 152 g/mol. The lowest BCUT2D eigenvalue weighted by Crippen LogP contribution is -2.17. The summed E-state index contributed by atoms with van der Waals surface area (Å²) >= 11 is 0.